The van der Waals surface area contributed by atoms with Crippen LogP contribution in [0.4, 0.5) is 10.5 Å². The highest BCUT2D eigenvalue weighted by Crippen LogP contribution is 2.35. The summed E-state index contributed by atoms with van der Waals surface area (Å²) in [6, 6.07) is 26.9. The zero-order valence-corrected chi connectivity index (χ0v) is 20.8. The first-order valence-corrected chi connectivity index (χ1v) is 12.8. The van der Waals surface area contributed by atoms with Gasteiger partial charge in [-0.15, -0.1) is 0 Å². The lowest BCUT2D eigenvalue weighted by Crippen LogP contribution is -2.43. The number of nitrogens with zero attached hydrogens (tertiary/aromatic N) is 2. The summed E-state index contributed by atoms with van der Waals surface area (Å²) in [4.78, 5) is 17.7. The predicted molar refractivity (Wildman–Crippen MR) is 144 cm³/mol. The van der Waals surface area contributed by atoms with Gasteiger partial charge in [0.05, 0.1) is 7.11 Å². The summed E-state index contributed by atoms with van der Waals surface area (Å²) in [5, 5.41) is 3.06. The van der Waals surface area contributed by atoms with E-state index in [0.29, 0.717) is 12.0 Å². The SMILES string of the molecule is COc1ccc(NC(=O)N2CCCN3CC[C@H](c4ccc(C#CCc5ccccc5)cc4)[C@@H]3C2)cc1. The van der Waals surface area contributed by atoms with E-state index in [1.54, 1.807) is 7.11 Å². The Kier molecular flexibility index (Phi) is 7.54. The molecule has 5 rings (SSSR count). The van der Waals surface area contributed by atoms with Crippen LogP contribution >= 0.6 is 0 Å². The van der Waals surface area contributed by atoms with Gasteiger partial charge in [0.15, 0.2) is 0 Å². The van der Waals surface area contributed by atoms with Crippen LogP contribution in [0.3, 0.4) is 0 Å². The van der Waals surface area contributed by atoms with Gasteiger partial charge in [0.1, 0.15) is 5.75 Å². The highest BCUT2D eigenvalue weighted by Gasteiger charge is 2.38. The largest absolute Gasteiger partial charge is 0.497 e. The number of urea groups is 1. The maximum Gasteiger partial charge on any atom is 0.321 e. The van der Waals surface area contributed by atoms with E-state index < -0.39 is 0 Å². The van der Waals surface area contributed by atoms with Crippen molar-refractivity contribution in [2.45, 2.75) is 31.2 Å². The molecule has 3 aromatic rings. The van der Waals surface area contributed by atoms with Gasteiger partial charge < -0.3 is 15.0 Å². The van der Waals surface area contributed by atoms with Gasteiger partial charge in [0.25, 0.3) is 0 Å². The van der Waals surface area contributed by atoms with Gasteiger partial charge in [-0.25, -0.2) is 4.79 Å². The summed E-state index contributed by atoms with van der Waals surface area (Å²) in [7, 11) is 1.64. The van der Waals surface area contributed by atoms with E-state index in [1.807, 2.05) is 47.4 Å². The Morgan fingerprint density at radius 3 is 2.50 bits per heavy atom. The Hall–Kier alpha value is -3.75. The molecule has 2 atom stereocenters. The number of ether oxygens (including phenoxy) is 1. The molecule has 2 saturated heterocycles. The second-order valence-corrected chi connectivity index (χ2v) is 9.54. The molecule has 0 saturated carbocycles. The summed E-state index contributed by atoms with van der Waals surface area (Å²) >= 11 is 0. The van der Waals surface area contributed by atoms with Crippen molar-refractivity contribution in [1.29, 1.82) is 0 Å². The Labute approximate surface area is 214 Å². The number of fused-ring (bicyclic) bond motifs is 1. The van der Waals surface area contributed by atoms with Gasteiger partial charge in [-0.3, -0.25) is 4.90 Å². The van der Waals surface area contributed by atoms with Crippen LogP contribution in [0.25, 0.3) is 0 Å². The molecule has 2 heterocycles. The molecule has 5 nitrogen and oxygen atoms in total. The Morgan fingerprint density at radius 2 is 1.75 bits per heavy atom. The number of anilines is 1. The van der Waals surface area contributed by atoms with Crippen molar-refractivity contribution in [2.24, 2.45) is 0 Å². The minimum absolute atomic E-state index is 0.0308. The number of hydrogen-bond acceptors (Lipinski definition) is 3. The fourth-order valence-electron chi connectivity index (χ4n) is 5.33. The highest BCUT2D eigenvalue weighted by atomic mass is 16.5. The molecule has 0 unspecified atom stereocenters. The van der Waals surface area contributed by atoms with Crippen LogP contribution in [0.2, 0.25) is 0 Å². The van der Waals surface area contributed by atoms with Crippen LogP contribution in [0.15, 0.2) is 78.9 Å². The average Bonchev–Trinajstić information content (AvgIpc) is 3.19. The van der Waals surface area contributed by atoms with Crippen LogP contribution in [-0.2, 0) is 6.42 Å². The van der Waals surface area contributed by atoms with E-state index in [0.717, 1.165) is 62.4 Å². The van der Waals surface area contributed by atoms with Crippen molar-refractivity contribution in [3.05, 3.63) is 95.6 Å². The van der Waals surface area contributed by atoms with Gasteiger partial charge in [-0.1, -0.05) is 54.3 Å². The van der Waals surface area contributed by atoms with E-state index in [2.05, 4.69) is 58.5 Å². The second kappa shape index (κ2) is 11.3. The van der Waals surface area contributed by atoms with Crippen LogP contribution in [0, 0.1) is 11.8 Å². The minimum atomic E-state index is -0.0308. The number of hydrogen-bond donors (Lipinski definition) is 1. The molecule has 2 aliphatic heterocycles. The summed E-state index contributed by atoms with van der Waals surface area (Å²) in [5.74, 6) is 7.79. The molecule has 1 N–H and O–H groups in total. The van der Waals surface area contributed by atoms with Crippen molar-refractivity contribution < 1.29 is 9.53 Å². The molecule has 0 radical (unpaired) electrons. The standard InChI is InChI=1S/C31H33N3O2/c1-36-28-17-15-27(16-18-28)32-31(35)34-21-6-20-33-22-19-29(30(33)23-34)26-13-11-25(12-14-26)10-5-9-24-7-3-2-4-8-24/h2-4,7-8,11-18,29-30H,6,9,19-23H2,1H3,(H,32,35)/t29-,30+/m1/s1. The van der Waals surface area contributed by atoms with Crippen LogP contribution < -0.4 is 10.1 Å². The lowest BCUT2D eigenvalue weighted by molar-refractivity contribution is 0.197. The monoisotopic (exact) mass is 479 g/mol. The van der Waals surface area contributed by atoms with Crippen molar-refractivity contribution in [1.82, 2.24) is 9.80 Å². The molecule has 0 aliphatic carbocycles. The smallest absolute Gasteiger partial charge is 0.321 e. The average molecular weight is 480 g/mol. The van der Waals surface area contributed by atoms with E-state index in [1.165, 1.54) is 11.1 Å². The van der Waals surface area contributed by atoms with Crippen LogP contribution in [0.1, 0.15) is 35.4 Å². The normalized spacial score (nSPS) is 19.5. The molecule has 0 aromatic heterocycles. The van der Waals surface area contributed by atoms with E-state index in [4.69, 9.17) is 4.74 Å². The lowest BCUT2D eigenvalue weighted by Gasteiger charge is -2.30. The van der Waals surface area contributed by atoms with Crippen molar-refractivity contribution in [2.75, 3.05) is 38.6 Å². The van der Waals surface area contributed by atoms with E-state index in [-0.39, 0.29) is 6.03 Å². The number of methoxy groups -OCH3 is 1. The number of carbonyl (C=O) groups is 1. The lowest BCUT2D eigenvalue weighted by atomic mass is 9.91. The zero-order valence-electron chi connectivity index (χ0n) is 20.8. The van der Waals surface area contributed by atoms with Gasteiger partial charge in [0, 0.05) is 49.3 Å². The van der Waals surface area contributed by atoms with E-state index in [9.17, 15) is 4.79 Å². The fraction of sp³-hybridized carbons (Fsp3) is 0.323. The molecule has 3 aromatic carbocycles. The molecular formula is C31H33N3O2. The molecule has 2 amide bonds. The van der Waals surface area contributed by atoms with Crippen LogP contribution in [0.5, 0.6) is 5.75 Å². The summed E-state index contributed by atoms with van der Waals surface area (Å²) in [6.07, 6.45) is 2.88. The first kappa shape index (κ1) is 24.0. The summed E-state index contributed by atoms with van der Waals surface area (Å²) in [6.45, 7) is 3.64. The molecule has 36 heavy (non-hydrogen) atoms. The highest BCUT2D eigenvalue weighted by molar-refractivity contribution is 5.89. The third-order valence-corrected chi connectivity index (χ3v) is 7.28. The predicted octanol–water partition coefficient (Wildman–Crippen LogP) is 5.39. The Bertz CT molecular complexity index is 1210. The third kappa shape index (κ3) is 5.72. The molecule has 0 spiro atoms. The Balaban J connectivity index is 1.23. The molecule has 2 fully saturated rings. The Morgan fingerprint density at radius 1 is 0.972 bits per heavy atom. The van der Waals surface area contributed by atoms with Crippen molar-refractivity contribution in [3.8, 4) is 17.6 Å². The van der Waals surface area contributed by atoms with E-state index >= 15 is 0 Å². The molecular weight excluding hydrogens is 446 g/mol. The maximum atomic E-state index is 13.1. The number of amides is 2. The van der Waals surface area contributed by atoms with Crippen molar-refractivity contribution >= 4 is 11.7 Å². The number of carbonyl (C=O) groups excluding carboxylic acids is 1. The number of benzene rings is 3. The molecule has 184 valence electrons. The summed E-state index contributed by atoms with van der Waals surface area (Å²) < 4.78 is 5.22. The van der Waals surface area contributed by atoms with Gasteiger partial charge in [-0.2, -0.15) is 0 Å². The van der Waals surface area contributed by atoms with Crippen LogP contribution in [-0.4, -0.2) is 55.2 Å². The first-order chi connectivity index (χ1) is 17.7. The molecule has 2 aliphatic rings. The topological polar surface area (TPSA) is 44.8 Å². The maximum absolute atomic E-state index is 13.1. The minimum Gasteiger partial charge on any atom is -0.497 e. The van der Waals surface area contributed by atoms with Gasteiger partial charge in [-0.05, 0) is 66.9 Å². The number of rotatable bonds is 4. The van der Waals surface area contributed by atoms with Crippen molar-refractivity contribution in [3.63, 3.8) is 0 Å². The number of nitrogens with one attached hydrogen (secondary N) is 1. The molecule has 0 bridgehead atoms. The zero-order chi connectivity index (χ0) is 24.7. The van der Waals surface area contributed by atoms with Gasteiger partial charge in [0.2, 0.25) is 0 Å². The second-order valence-electron chi connectivity index (χ2n) is 9.54. The quantitative estimate of drug-likeness (QED) is 0.511. The fourth-order valence-corrected chi connectivity index (χ4v) is 5.33. The summed E-state index contributed by atoms with van der Waals surface area (Å²) in [5.41, 5.74) is 4.41. The first-order valence-electron chi connectivity index (χ1n) is 12.8. The third-order valence-electron chi connectivity index (χ3n) is 7.28. The molecule has 5 heteroatoms. The van der Waals surface area contributed by atoms with Gasteiger partial charge >= 0.3 is 6.03 Å².